The summed E-state index contributed by atoms with van der Waals surface area (Å²) in [7, 11) is 0. The summed E-state index contributed by atoms with van der Waals surface area (Å²) in [6.07, 6.45) is 1.72. The molecule has 108 valence electrons. The maximum atomic E-state index is 11.9. The van der Waals surface area contributed by atoms with Gasteiger partial charge in [-0.05, 0) is 32.4 Å². The summed E-state index contributed by atoms with van der Waals surface area (Å²) in [5, 5.41) is 2.76. The van der Waals surface area contributed by atoms with Gasteiger partial charge >= 0.3 is 5.97 Å². The zero-order valence-corrected chi connectivity index (χ0v) is 12.4. The average Bonchev–Trinajstić information content (AvgIpc) is 2.38. The van der Waals surface area contributed by atoms with Crippen LogP contribution in [0.4, 0.5) is 0 Å². The molecule has 0 aromatic heterocycles. The lowest BCUT2D eigenvalue weighted by Gasteiger charge is -2.20. The van der Waals surface area contributed by atoms with Crippen molar-refractivity contribution in [2.24, 2.45) is 5.41 Å². The van der Waals surface area contributed by atoms with E-state index in [2.05, 4.69) is 5.32 Å². The maximum Gasteiger partial charge on any atom is 0.315 e. The van der Waals surface area contributed by atoms with Gasteiger partial charge in [0.05, 0.1) is 12.0 Å². The molecule has 0 saturated carbocycles. The van der Waals surface area contributed by atoms with Crippen LogP contribution in [0.25, 0.3) is 5.70 Å². The molecule has 0 aliphatic heterocycles. The molecule has 0 radical (unpaired) electrons. The fraction of sp³-hybridized carbons (Fsp3) is 0.375. The maximum absolute atomic E-state index is 11.9. The zero-order valence-electron chi connectivity index (χ0n) is 12.4. The molecule has 0 fully saturated rings. The predicted molar refractivity (Wildman–Crippen MR) is 78.6 cm³/mol. The summed E-state index contributed by atoms with van der Waals surface area (Å²) >= 11 is 0. The van der Waals surface area contributed by atoms with Crippen molar-refractivity contribution in [1.29, 1.82) is 0 Å². The number of rotatable bonds is 5. The smallest absolute Gasteiger partial charge is 0.315 e. The SMILES string of the molecule is CCOC(=O)C(C)(C)/C=C(\NC(C)=O)c1ccccc1. The first kappa shape index (κ1) is 16.0. The summed E-state index contributed by atoms with van der Waals surface area (Å²) in [5.74, 6) is -0.501. The Hall–Kier alpha value is -2.10. The van der Waals surface area contributed by atoms with E-state index in [1.165, 1.54) is 6.92 Å². The highest BCUT2D eigenvalue weighted by atomic mass is 16.5. The summed E-state index contributed by atoms with van der Waals surface area (Å²) < 4.78 is 5.05. The van der Waals surface area contributed by atoms with Gasteiger partial charge in [-0.3, -0.25) is 9.59 Å². The van der Waals surface area contributed by atoms with Gasteiger partial charge in [0.1, 0.15) is 0 Å². The molecular weight excluding hydrogens is 254 g/mol. The molecule has 0 atom stereocenters. The minimum absolute atomic E-state index is 0.181. The Morgan fingerprint density at radius 2 is 1.85 bits per heavy atom. The quantitative estimate of drug-likeness (QED) is 0.841. The number of esters is 1. The van der Waals surface area contributed by atoms with Crippen LogP contribution >= 0.6 is 0 Å². The van der Waals surface area contributed by atoms with Crippen LogP contribution in [0.1, 0.15) is 33.3 Å². The summed E-state index contributed by atoms with van der Waals surface area (Å²) in [6.45, 7) is 7.06. The van der Waals surface area contributed by atoms with Gasteiger partial charge in [0, 0.05) is 12.6 Å². The first-order valence-electron chi connectivity index (χ1n) is 6.60. The van der Waals surface area contributed by atoms with Gasteiger partial charge in [-0.1, -0.05) is 30.3 Å². The standard InChI is InChI=1S/C16H21NO3/c1-5-20-15(19)16(3,4)11-14(17-12(2)18)13-9-7-6-8-10-13/h6-11H,5H2,1-4H3,(H,17,18)/b14-11-. The molecule has 0 spiro atoms. The Morgan fingerprint density at radius 1 is 1.25 bits per heavy atom. The van der Waals surface area contributed by atoms with Gasteiger partial charge in [0.2, 0.25) is 5.91 Å². The van der Waals surface area contributed by atoms with Gasteiger partial charge in [0.15, 0.2) is 0 Å². The molecule has 1 amide bonds. The number of hydrogen-bond acceptors (Lipinski definition) is 3. The molecule has 0 saturated heterocycles. The topological polar surface area (TPSA) is 55.4 Å². The van der Waals surface area contributed by atoms with E-state index < -0.39 is 5.41 Å². The lowest BCUT2D eigenvalue weighted by atomic mass is 9.91. The molecule has 4 nitrogen and oxygen atoms in total. The lowest BCUT2D eigenvalue weighted by molar-refractivity contribution is -0.150. The first-order chi connectivity index (χ1) is 9.36. The third-order valence-electron chi connectivity index (χ3n) is 2.70. The normalized spacial score (nSPS) is 11.9. The first-order valence-corrected chi connectivity index (χ1v) is 6.60. The van der Waals surface area contributed by atoms with Gasteiger partial charge in [-0.25, -0.2) is 0 Å². The van der Waals surface area contributed by atoms with Crippen LogP contribution in [0.2, 0.25) is 0 Å². The predicted octanol–water partition coefficient (Wildman–Crippen LogP) is 2.75. The summed E-state index contributed by atoms with van der Waals surface area (Å²) in [5.41, 5.74) is 0.639. The molecule has 0 unspecified atom stereocenters. The zero-order chi connectivity index (χ0) is 15.2. The van der Waals surface area contributed by atoms with E-state index in [4.69, 9.17) is 4.74 Å². The van der Waals surface area contributed by atoms with Crippen molar-refractivity contribution in [3.63, 3.8) is 0 Å². The van der Waals surface area contributed by atoms with Crippen LogP contribution in [-0.2, 0) is 14.3 Å². The fourth-order valence-electron chi connectivity index (χ4n) is 1.74. The van der Waals surface area contributed by atoms with E-state index in [0.29, 0.717) is 12.3 Å². The average molecular weight is 275 g/mol. The number of ether oxygens (including phenoxy) is 1. The van der Waals surface area contributed by atoms with E-state index in [0.717, 1.165) is 5.56 Å². The number of carbonyl (C=O) groups excluding carboxylic acids is 2. The molecule has 20 heavy (non-hydrogen) atoms. The number of carbonyl (C=O) groups is 2. The van der Waals surface area contributed by atoms with Gasteiger partial charge in [-0.15, -0.1) is 0 Å². The molecule has 0 bridgehead atoms. The monoisotopic (exact) mass is 275 g/mol. The molecule has 1 aromatic carbocycles. The van der Waals surface area contributed by atoms with Crippen molar-refractivity contribution in [2.75, 3.05) is 6.61 Å². The van der Waals surface area contributed by atoms with Crippen molar-refractivity contribution in [3.05, 3.63) is 42.0 Å². The second kappa shape index (κ2) is 6.89. The summed E-state index contributed by atoms with van der Waals surface area (Å²) in [4.78, 5) is 23.3. The molecule has 0 aliphatic carbocycles. The van der Waals surface area contributed by atoms with Crippen LogP contribution in [0.5, 0.6) is 0 Å². The van der Waals surface area contributed by atoms with Crippen LogP contribution in [0, 0.1) is 5.41 Å². The van der Waals surface area contributed by atoms with Gasteiger partial charge in [0.25, 0.3) is 0 Å². The van der Waals surface area contributed by atoms with Gasteiger partial charge < -0.3 is 10.1 Å². The van der Waals surface area contributed by atoms with E-state index in [1.807, 2.05) is 30.3 Å². The molecule has 1 rings (SSSR count). The fourth-order valence-corrected chi connectivity index (χ4v) is 1.74. The number of amides is 1. The minimum atomic E-state index is -0.816. The third kappa shape index (κ3) is 4.53. The Kier molecular flexibility index (Phi) is 5.50. The van der Waals surface area contributed by atoms with Crippen molar-refractivity contribution < 1.29 is 14.3 Å². The Labute approximate surface area is 119 Å². The second-order valence-electron chi connectivity index (χ2n) is 5.05. The van der Waals surface area contributed by atoms with E-state index in [1.54, 1.807) is 26.8 Å². The van der Waals surface area contributed by atoms with Crippen LogP contribution in [0.15, 0.2) is 36.4 Å². The van der Waals surface area contributed by atoms with E-state index in [-0.39, 0.29) is 11.9 Å². The highest BCUT2D eigenvalue weighted by molar-refractivity contribution is 5.87. The highest BCUT2D eigenvalue weighted by Crippen LogP contribution is 2.24. The Bertz CT molecular complexity index is 504. The van der Waals surface area contributed by atoms with Crippen molar-refractivity contribution in [1.82, 2.24) is 5.32 Å². The molecule has 0 aliphatic rings. The second-order valence-corrected chi connectivity index (χ2v) is 5.05. The largest absolute Gasteiger partial charge is 0.465 e. The van der Waals surface area contributed by atoms with Crippen molar-refractivity contribution in [3.8, 4) is 0 Å². The lowest BCUT2D eigenvalue weighted by Crippen LogP contribution is -2.27. The summed E-state index contributed by atoms with van der Waals surface area (Å²) in [6, 6.07) is 9.40. The highest BCUT2D eigenvalue weighted by Gasteiger charge is 2.27. The number of nitrogens with one attached hydrogen (secondary N) is 1. The van der Waals surface area contributed by atoms with Crippen LogP contribution in [0.3, 0.4) is 0 Å². The van der Waals surface area contributed by atoms with E-state index >= 15 is 0 Å². The molecule has 1 N–H and O–H groups in total. The minimum Gasteiger partial charge on any atom is -0.465 e. The molecule has 1 aromatic rings. The van der Waals surface area contributed by atoms with Crippen molar-refractivity contribution in [2.45, 2.75) is 27.7 Å². The van der Waals surface area contributed by atoms with Crippen LogP contribution < -0.4 is 5.32 Å². The Morgan fingerprint density at radius 3 is 2.35 bits per heavy atom. The van der Waals surface area contributed by atoms with E-state index in [9.17, 15) is 9.59 Å². The van der Waals surface area contributed by atoms with Gasteiger partial charge in [-0.2, -0.15) is 0 Å². The number of benzene rings is 1. The Balaban J connectivity index is 3.13. The molecule has 4 heteroatoms. The molecule has 0 heterocycles. The van der Waals surface area contributed by atoms with Crippen molar-refractivity contribution >= 4 is 17.6 Å². The molecular formula is C16H21NO3. The third-order valence-corrected chi connectivity index (χ3v) is 2.70. The number of hydrogen-bond donors (Lipinski definition) is 1. The van der Waals surface area contributed by atoms with Crippen LogP contribution in [-0.4, -0.2) is 18.5 Å².